The molecule has 2 rings (SSSR count). The van der Waals surface area contributed by atoms with E-state index in [-0.39, 0.29) is 6.04 Å². The smallest absolute Gasteiger partial charge is 0.127 e. The average Bonchev–Trinajstić information content (AvgIpc) is 2.49. The Labute approximate surface area is 120 Å². The molecule has 106 valence electrons. The third-order valence-electron chi connectivity index (χ3n) is 3.70. The van der Waals surface area contributed by atoms with Crippen molar-refractivity contribution >= 4 is 0 Å². The third-order valence-corrected chi connectivity index (χ3v) is 3.70. The number of hydrogen-bond donors (Lipinski definition) is 1. The molecule has 0 amide bonds. The van der Waals surface area contributed by atoms with E-state index in [9.17, 15) is 0 Å². The molecule has 0 bridgehead atoms. The van der Waals surface area contributed by atoms with Crippen molar-refractivity contribution in [3.05, 3.63) is 58.7 Å². The summed E-state index contributed by atoms with van der Waals surface area (Å²) in [5.74, 6) is 1.67. The molecule has 0 saturated heterocycles. The van der Waals surface area contributed by atoms with Crippen molar-refractivity contribution in [1.29, 1.82) is 0 Å². The molecule has 0 spiro atoms. The molecule has 2 aromatic rings. The lowest BCUT2D eigenvalue weighted by Crippen LogP contribution is -2.14. The Kier molecular flexibility index (Phi) is 4.30. The molecular weight excluding hydrogens is 250 g/mol. The summed E-state index contributed by atoms with van der Waals surface area (Å²) in [5, 5.41) is 0. The standard InChI is InChI=1S/C17H21NO2/c1-11-8-9-15(17(20-4)12(11)2)16(18)13-6-5-7-14(10-13)19-3/h5-10,16H,18H2,1-4H3. The summed E-state index contributed by atoms with van der Waals surface area (Å²) >= 11 is 0. The van der Waals surface area contributed by atoms with Crippen LogP contribution in [0.5, 0.6) is 11.5 Å². The predicted molar refractivity (Wildman–Crippen MR) is 81.5 cm³/mol. The lowest BCUT2D eigenvalue weighted by molar-refractivity contribution is 0.403. The maximum atomic E-state index is 6.40. The number of ether oxygens (including phenoxy) is 2. The van der Waals surface area contributed by atoms with Crippen molar-refractivity contribution in [2.75, 3.05) is 14.2 Å². The van der Waals surface area contributed by atoms with Gasteiger partial charge < -0.3 is 15.2 Å². The van der Waals surface area contributed by atoms with E-state index in [1.54, 1.807) is 14.2 Å². The minimum atomic E-state index is -0.237. The molecule has 2 aromatic carbocycles. The second kappa shape index (κ2) is 5.97. The van der Waals surface area contributed by atoms with Gasteiger partial charge in [0, 0.05) is 5.56 Å². The largest absolute Gasteiger partial charge is 0.497 e. The molecule has 2 N–H and O–H groups in total. The van der Waals surface area contributed by atoms with Gasteiger partial charge in [-0.1, -0.05) is 24.3 Å². The third kappa shape index (κ3) is 2.63. The molecule has 0 fully saturated rings. The average molecular weight is 271 g/mol. The molecule has 1 unspecified atom stereocenters. The maximum Gasteiger partial charge on any atom is 0.127 e. The van der Waals surface area contributed by atoms with Crippen LogP contribution in [-0.4, -0.2) is 14.2 Å². The van der Waals surface area contributed by atoms with Gasteiger partial charge in [0.05, 0.1) is 20.3 Å². The highest BCUT2D eigenvalue weighted by atomic mass is 16.5. The summed E-state index contributed by atoms with van der Waals surface area (Å²) in [6.45, 7) is 4.12. The van der Waals surface area contributed by atoms with Crippen LogP contribution in [0.3, 0.4) is 0 Å². The van der Waals surface area contributed by atoms with Gasteiger partial charge in [-0.3, -0.25) is 0 Å². The fourth-order valence-corrected chi connectivity index (χ4v) is 2.34. The van der Waals surface area contributed by atoms with Gasteiger partial charge >= 0.3 is 0 Å². The Morgan fingerprint density at radius 1 is 1.00 bits per heavy atom. The Morgan fingerprint density at radius 3 is 2.40 bits per heavy atom. The lowest BCUT2D eigenvalue weighted by atomic mass is 9.95. The summed E-state index contributed by atoms with van der Waals surface area (Å²) in [5.41, 5.74) is 10.7. The summed E-state index contributed by atoms with van der Waals surface area (Å²) in [4.78, 5) is 0. The normalized spacial score (nSPS) is 12.1. The summed E-state index contributed by atoms with van der Waals surface area (Å²) in [6.07, 6.45) is 0. The molecule has 0 aliphatic carbocycles. The Bertz CT molecular complexity index is 608. The van der Waals surface area contributed by atoms with Crippen molar-refractivity contribution in [3.8, 4) is 11.5 Å². The first-order valence-corrected chi connectivity index (χ1v) is 6.62. The van der Waals surface area contributed by atoms with E-state index in [2.05, 4.69) is 19.9 Å². The number of rotatable bonds is 4. The minimum Gasteiger partial charge on any atom is -0.497 e. The van der Waals surface area contributed by atoms with Crippen LogP contribution in [0.2, 0.25) is 0 Å². The molecule has 1 atom stereocenters. The maximum absolute atomic E-state index is 6.40. The SMILES string of the molecule is COc1cccc(C(N)c2ccc(C)c(C)c2OC)c1. The van der Waals surface area contributed by atoms with E-state index in [1.165, 1.54) is 5.56 Å². The lowest BCUT2D eigenvalue weighted by Gasteiger charge is -2.19. The molecule has 0 aliphatic rings. The highest BCUT2D eigenvalue weighted by Gasteiger charge is 2.17. The van der Waals surface area contributed by atoms with Crippen LogP contribution >= 0.6 is 0 Å². The molecule has 0 radical (unpaired) electrons. The van der Waals surface area contributed by atoms with Crippen LogP contribution in [0.4, 0.5) is 0 Å². The predicted octanol–water partition coefficient (Wildman–Crippen LogP) is 3.37. The second-order valence-corrected chi connectivity index (χ2v) is 4.88. The van der Waals surface area contributed by atoms with Gasteiger partial charge in [0.1, 0.15) is 11.5 Å². The highest BCUT2D eigenvalue weighted by molar-refractivity contribution is 5.50. The molecular formula is C17H21NO2. The zero-order valence-corrected chi connectivity index (χ0v) is 12.4. The van der Waals surface area contributed by atoms with Crippen LogP contribution in [0.15, 0.2) is 36.4 Å². The minimum absolute atomic E-state index is 0.237. The fourth-order valence-electron chi connectivity index (χ4n) is 2.34. The molecule has 3 nitrogen and oxygen atoms in total. The highest BCUT2D eigenvalue weighted by Crippen LogP contribution is 2.33. The van der Waals surface area contributed by atoms with Crippen LogP contribution < -0.4 is 15.2 Å². The van der Waals surface area contributed by atoms with Crippen LogP contribution in [0.1, 0.15) is 28.3 Å². The van der Waals surface area contributed by atoms with Crippen molar-refractivity contribution in [1.82, 2.24) is 0 Å². The van der Waals surface area contributed by atoms with Gasteiger partial charge in [0.25, 0.3) is 0 Å². The summed E-state index contributed by atoms with van der Waals surface area (Å²) < 4.78 is 10.8. The first kappa shape index (κ1) is 14.4. The van der Waals surface area contributed by atoms with Crippen molar-refractivity contribution in [2.45, 2.75) is 19.9 Å². The van der Waals surface area contributed by atoms with E-state index in [4.69, 9.17) is 15.2 Å². The quantitative estimate of drug-likeness (QED) is 0.927. The van der Waals surface area contributed by atoms with E-state index < -0.39 is 0 Å². The first-order valence-electron chi connectivity index (χ1n) is 6.62. The van der Waals surface area contributed by atoms with Gasteiger partial charge in [-0.25, -0.2) is 0 Å². The number of hydrogen-bond acceptors (Lipinski definition) is 3. The van der Waals surface area contributed by atoms with Crippen LogP contribution in [-0.2, 0) is 0 Å². The number of nitrogens with two attached hydrogens (primary N) is 1. The zero-order chi connectivity index (χ0) is 14.7. The molecule has 3 heteroatoms. The van der Waals surface area contributed by atoms with E-state index >= 15 is 0 Å². The van der Waals surface area contributed by atoms with E-state index in [0.717, 1.165) is 28.2 Å². The summed E-state index contributed by atoms with van der Waals surface area (Å²) in [7, 11) is 3.34. The van der Waals surface area contributed by atoms with Gasteiger partial charge in [0.2, 0.25) is 0 Å². The van der Waals surface area contributed by atoms with Gasteiger partial charge in [-0.2, -0.15) is 0 Å². The van der Waals surface area contributed by atoms with Crippen molar-refractivity contribution in [3.63, 3.8) is 0 Å². The fraction of sp³-hybridized carbons (Fsp3) is 0.294. The molecule has 0 aliphatic heterocycles. The molecule has 0 aromatic heterocycles. The molecule has 0 heterocycles. The van der Waals surface area contributed by atoms with Gasteiger partial charge in [-0.15, -0.1) is 0 Å². The zero-order valence-electron chi connectivity index (χ0n) is 12.4. The van der Waals surface area contributed by atoms with Crippen LogP contribution in [0.25, 0.3) is 0 Å². The van der Waals surface area contributed by atoms with E-state index in [0.29, 0.717) is 0 Å². The number of aryl methyl sites for hydroxylation is 1. The van der Waals surface area contributed by atoms with Crippen LogP contribution in [0, 0.1) is 13.8 Å². The van der Waals surface area contributed by atoms with Gasteiger partial charge in [0.15, 0.2) is 0 Å². The number of benzene rings is 2. The topological polar surface area (TPSA) is 44.5 Å². The Hall–Kier alpha value is -2.00. The van der Waals surface area contributed by atoms with E-state index in [1.807, 2.05) is 30.3 Å². The Morgan fingerprint density at radius 2 is 1.75 bits per heavy atom. The molecule has 20 heavy (non-hydrogen) atoms. The van der Waals surface area contributed by atoms with Gasteiger partial charge in [-0.05, 0) is 42.7 Å². The second-order valence-electron chi connectivity index (χ2n) is 4.88. The van der Waals surface area contributed by atoms with Crippen molar-refractivity contribution < 1.29 is 9.47 Å². The van der Waals surface area contributed by atoms with Crippen molar-refractivity contribution in [2.24, 2.45) is 5.73 Å². The Balaban J connectivity index is 2.47. The first-order chi connectivity index (χ1) is 9.58. The molecule has 0 saturated carbocycles. The summed E-state index contributed by atoms with van der Waals surface area (Å²) in [6, 6.07) is 11.7. The number of methoxy groups -OCH3 is 2. The monoisotopic (exact) mass is 271 g/mol.